The van der Waals surface area contributed by atoms with Gasteiger partial charge in [-0.05, 0) is 0 Å². The molecule has 0 aliphatic heterocycles. The van der Waals surface area contributed by atoms with Crippen molar-refractivity contribution in [2.45, 2.75) is 0 Å². The normalized spacial score (nSPS) is 9.00. The van der Waals surface area contributed by atoms with Gasteiger partial charge in [-0.25, -0.2) is 4.57 Å². The molecule has 8 N–H and O–H groups in total. The lowest BCUT2D eigenvalue weighted by Crippen LogP contribution is -1.91. The van der Waals surface area contributed by atoms with Crippen LogP contribution in [0.25, 0.3) is 0 Å². The molecule has 0 saturated heterocycles. The van der Waals surface area contributed by atoms with Crippen molar-refractivity contribution in [1.29, 1.82) is 0 Å². The molecule has 8 heteroatoms. The van der Waals surface area contributed by atoms with E-state index in [2.05, 4.69) is 4.52 Å². The Balaban J connectivity index is -0.000000245. The number of phosphoric acid groups is 1. The van der Waals surface area contributed by atoms with Crippen LogP contribution in [0.1, 0.15) is 0 Å². The van der Waals surface area contributed by atoms with Gasteiger partial charge < -0.3 is 26.9 Å². The SMILES string of the molecule is N.N.O=CCOP(=O)(O)O. The Bertz CT molecular complexity index is 121. The molecule has 0 atom stereocenters. The molecule has 64 valence electrons. The van der Waals surface area contributed by atoms with Crippen molar-refractivity contribution in [2.75, 3.05) is 6.61 Å². The van der Waals surface area contributed by atoms with E-state index in [0.717, 1.165) is 0 Å². The summed E-state index contributed by atoms with van der Waals surface area (Å²) in [6.45, 7) is -0.565. The quantitative estimate of drug-likeness (QED) is 0.335. The summed E-state index contributed by atoms with van der Waals surface area (Å²) in [5.74, 6) is 0. The van der Waals surface area contributed by atoms with E-state index in [1.54, 1.807) is 0 Å². The molecule has 0 aliphatic carbocycles. The molecule has 0 rings (SSSR count). The Morgan fingerprint density at radius 2 is 1.80 bits per heavy atom. The van der Waals surface area contributed by atoms with Gasteiger partial charge in [0, 0.05) is 0 Å². The van der Waals surface area contributed by atoms with E-state index in [4.69, 9.17) is 9.79 Å². The van der Waals surface area contributed by atoms with E-state index in [1.807, 2.05) is 0 Å². The lowest BCUT2D eigenvalue weighted by molar-refractivity contribution is -0.110. The molecule has 10 heavy (non-hydrogen) atoms. The largest absolute Gasteiger partial charge is 0.469 e. The summed E-state index contributed by atoms with van der Waals surface area (Å²) in [7, 11) is -4.41. The predicted octanol–water partition coefficient (Wildman–Crippen LogP) is -0.381. The summed E-state index contributed by atoms with van der Waals surface area (Å²) < 4.78 is 13.4. The summed E-state index contributed by atoms with van der Waals surface area (Å²) >= 11 is 0. The van der Waals surface area contributed by atoms with Gasteiger partial charge in [-0.3, -0.25) is 4.52 Å². The van der Waals surface area contributed by atoms with Crippen LogP contribution in [0.3, 0.4) is 0 Å². The van der Waals surface area contributed by atoms with Crippen LogP contribution in [-0.2, 0) is 13.9 Å². The number of hydrogen-bond acceptors (Lipinski definition) is 5. The minimum atomic E-state index is -4.41. The highest BCUT2D eigenvalue weighted by Crippen LogP contribution is 2.34. The standard InChI is InChI=1S/C2H5O5P.2H3N/c3-1-2-7-8(4,5)6;;/h1H,2H2,(H2,4,5,6);2*1H3. The fourth-order valence-corrected chi connectivity index (χ4v) is 0.383. The zero-order valence-corrected chi connectivity index (χ0v) is 6.16. The van der Waals surface area contributed by atoms with Crippen LogP contribution in [0, 0.1) is 0 Å². The first-order valence-electron chi connectivity index (χ1n) is 1.70. The number of aldehydes is 1. The van der Waals surface area contributed by atoms with Gasteiger partial charge in [-0.1, -0.05) is 0 Å². The van der Waals surface area contributed by atoms with Crippen LogP contribution in [0.15, 0.2) is 0 Å². The molecule has 0 aromatic heterocycles. The molecule has 0 radical (unpaired) electrons. The van der Waals surface area contributed by atoms with Crippen molar-refractivity contribution in [1.82, 2.24) is 12.3 Å². The van der Waals surface area contributed by atoms with E-state index >= 15 is 0 Å². The summed E-state index contributed by atoms with van der Waals surface area (Å²) in [4.78, 5) is 25.1. The van der Waals surface area contributed by atoms with E-state index in [9.17, 15) is 9.36 Å². The minimum Gasteiger partial charge on any atom is -0.344 e. The highest BCUT2D eigenvalue weighted by atomic mass is 31.2. The third-order valence-electron chi connectivity index (χ3n) is 0.311. The summed E-state index contributed by atoms with van der Waals surface area (Å²) in [5.41, 5.74) is 0. The fraction of sp³-hybridized carbons (Fsp3) is 0.500. The molecule has 0 aromatic carbocycles. The summed E-state index contributed by atoms with van der Waals surface area (Å²) in [5, 5.41) is 0. The molecule has 0 aromatic rings. The number of hydrogen-bond donors (Lipinski definition) is 4. The van der Waals surface area contributed by atoms with Gasteiger partial charge in [0.15, 0.2) is 0 Å². The van der Waals surface area contributed by atoms with Crippen molar-refractivity contribution >= 4 is 14.1 Å². The van der Waals surface area contributed by atoms with Crippen molar-refractivity contribution in [3.05, 3.63) is 0 Å². The van der Waals surface area contributed by atoms with Crippen molar-refractivity contribution < 1.29 is 23.7 Å². The summed E-state index contributed by atoms with van der Waals surface area (Å²) in [6.07, 6.45) is 0.263. The molecule has 7 nitrogen and oxygen atoms in total. The molecule has 0 fully saturated rings. The highest BCUT2D eigenvalue weighted by molar-refractivity contribution is 7.46. The molecule has 0 bridgehead atoms. The van der Waals surface area contributed by atoms with Crippen LogP contribution in [0.5, 0.6) is 0 Å². The number of carbonyl (C=O) groups excluding carboxylic acids is 1. The third kappa shape index (κ3) is 15.6. The molecular weight excluding hydrogens is 163 g/mol. The Kier molecular flexibility index (Phi) is 11.1. The maximum Gasteiger partial charge on any atom is 0.469 e. The molecule has 0 spiro atoms. The first-order chi connectivity index (χ1) is 3.56. The van der Waals surface area contributed by atoms with Gasteiger partial charge in [0.05, 0.1) is 0 Å². The van der Waals surface area contributed by atoms with Crippen molar-refractivity contribution in [3.63, 3.8) is 0 Å². The molecular formula is C2H11N2O5P. The van der Waals surface area contributed by atoms with Crippen molar-refractivity contribution in [2.24, 2.45) is 0 Å². The first kappa shape index (κ1) is 16.4. The van der Waals surface area contributed by atoms with Crippen LogP contribution < -0.4 is 12.3 Å². The molecule has 0 unspecified atom stereocenters. The van der Waals surface area contributed by atoms with Crippen LogP contribution in [0.2, 0.25) is 0 Å². The van der Waals surface area contributed by atoms with E-state index in [0.29, 0.717) is 0 Å². The van der Waals surface area contributed by atoms with Gasteiger partial charge in [-0.2, -0.15) is 0 Å². The Hall–Kier alpha value is -0.300. The monoisotopic (exact) mass is 174 g/mol. The first-order valence-corrected chi connectivity index (χ1v) is 3.23. The summed E-state index contributed by atoms with van der Waals surface area (Å²) in [6, 6.07) is 0. The van der Waals surface area contributed by atoms with Gasteiger partial charge >= 0.3 is 7.82 Å². The zero-order chi connectivity index (χ0) is 6.62. The van der Waals surface area contributed by atoms with E-state index in [-0.39, 0.29) is 18.6 Å². The van der Waals surface area contributed by atoms with Crippen LogP contribution in [-0.4, -0.2) is 22.7 Å². The number of rotatable bonds is 3. The van der Waals surface area contributed by atoms with Crippen LogP contribution in [0.4, 0.5) is 0 Å². The molecule has 0 aliphatic rings. The van der Waals surface area contributed by atoms with E-state index < -0.39 is 14.4 Å². The number of carbonyl (C=O) groups is 1. The fourth-order valence-electron chi connectivity index (χ4n) is 0.128. The topological polar surface area (TPSA) is 154 Å². The average Bonchev–Trinajstić information content (AvgIpc) is 1.59. The second kappa shape index (κ2) is 6.81. The Morgan fingerprint density at radius 1 is 1.40 bits per heavy atom. The zero-order valence-electron chi connectivity index (χ0n) is 5.27. The second-order valence-corrected chi connectivity index (χ2v) is 2.19. The average molecular weight is 174 g/mol. The maximum atomic E-state index is 9.70. The predicted molar refractivity (Wildman–Crippen MR) is 34.1 cm³/mol. The minimum absolute atomic E-state index is 0. The molecule has 0 saturated carbocycles. The van der Waals surface area contributed by atoms with Gasteiger partial charge in [0.25, 0.3) is 0 Å². The molecule has 0 heterocycles. The third-order valence-corrected chi connectivity index (χ3v) is 0.796. The smallest absolute Gasteiger partial charge is 0.344 e. The highest BCUT2D eigenvalue weighted by Gasteiger charge is 2.11. The van der Waals surface area contributed by atoms with Gasteiger partial charge in [0.2, 0.25) is 0 Å². The lowest BCUT2D eigenvalue weighted by Gasteiger charge is -1.97. The lowest BCUT2D eigenvalue weighted by atomic mass is 10.9. The van der Waals surface area contributed by atoms with Gasteiger partial charge in [0.1, 0.15) is 12.9 Å². The maximum absolute atomic E-state index is 9.70. The molecule has 0 amide bonds. The second-order valence-electron chi connectivity index (χ2n) is 0.953. The number of phosphoric ester groups is 1. The van der Waals surface area contributed by atoms with Crippen LogP contribution >= 0.6 is 7.82 Å². The Labute approximate surface area is 57.8 Å². The van der Waals surface area contributed by atoms with Crippen molar-refractivity contribution in [3.8, 4) is 0 Å². The van der Waals surface area contributed by atoms with E-state index in [1.165, 1.54) is 0 Å². The van der Waals surface area contributed by atoms with Gasteiger partial charge in [-0.15, -0.1) is 0 Å². The Morgan fingerprint density at radius 3 is 1.90 bits per heavy atom.